The van der Waals surface area contributed by atoms with Crippen molar-refractivity contribution in [1.29, 1.82) is 0 Å². The summed E-state index contributed by atoms with van der Waals surface area (Å²) in [5, 5.41) is 1.31. The van der Waals surface area contributed by atoms with Crippen molar-refractivity contribution >= 4 is 13.4 Å². The lowest BCUT2D eigenvalue weighted by atomic mass is 10.1. The first kappa shape index (κ1) is 19.9. The molecule has 0 aromatic carbocycles. The lowest BCUT2D eigenvalue weighted by Crippen LogP contribution is -2.46. The molecule has 1 amide bonds. The standard InChI is InChI=1S/C16H32N3O4P/c1-3-4-14-23-19-11-7-8-15(16(19)20)24(21,22)17(2)12-13-18-9-5-6-10-18/h15H,3-14H2,1-2H3,(H,21,22). The van der Waals surface area contributed by atoms with Crippen molar-refractivity contribution in [3.8, 4) is 0 Å². The Hall–Kier alpha value is -0.460. The third-order valence-electron chi connectivity index (χ3n) is 4.95. The number of carbonyl (C=O) groups excluding carboxylic acids is 1. The molecule has 2 atom stereocenters. The number of likely N-dealkylation sites (tertiary alicyclic amines) is 1. The number of likely N-dealkylation sites (N-methyl/N-ethyl adjacent to an activating group) is 1. The number of hydrogen-bond acceptors (Lipinski definition) is 4. The van der Waals surface area contributed by atoms with Gasteiger partial charge < -0.3 is 9.79 Å². The number of unbranched alkanes of at least 4 members (excludes halogenated alkanes) is 1. The smallest absolute Gasteiger partial charge is 0.282 e. The van der Waals surface area contributed by atoms with Gasteiger partial charge in [-0.2, -0.15) is 0 Å². The Bertz CT molecular complexity index is 457. The molecule has 2 fully saturated rings. The molecule has 1 N–H and O–H groups in total. The molecular weight excluding hydrogens is 329 g/mol. The van der Waals surface area contributed by atoms with Crippen molar-refractivity contribution in [2.24, 2.45) is 0 Å². The van der Waals surface area contributed by atoms with Gasteiger partial charge in [0.2, 0.25) is 0 Å². The number of nitrogens with zero attached hydrogens (tertiary/aromatic N) is 3. The zero-order valence-corrected chi connectivity index (χ0v) is 15.9. The summed E-state index contributed by atoms with van der Waals surface area (Å²) < 4.78 is 14.4. The SMILES string of the molecule is CCCCON1CCCC(P(=O)(O)N(C)CCN2CCCC2)C1=O. The maximum Gasteiger partial charge on any atom is 0.282 e. The lowest BCUT2D eigenvalue weighted by molar-refractivity contribution is -0.191. The Morgan fingerprint density at radius 3 is 2.67 bits per heavy atom. The number of amides is 1. The summed E-state index contributed by atoms with van der Waals surface area (Å²) >= 11 is 0. The predicted molar refractivity (Wildman–Crippen MR) is 93.7 cm³/mol. The maximum atomic E-state index is 12.9. The largest absolute Gasteiger partial charge is 0.333 e. The fourth-order valence-electron chi connectivity index (χ4n) is 3.26. The molecule has 140 valence electrons. The molecule has 2 saturated heterocycles. The van der Waals surface area contributed by atoms with Crippen LogP contribution < -0.4 is 0 Å². The highest BCUT2D eigenvalue weighted by molar-refractivity contribution is 7.57. The van der Waals surface area contributed by atoms with Crippen LogP contribution in [0.4, 0.5) is 0 Å². The van der Waals surface area contributed by atoms with Crippen LogP contribution in [0.3, 0.4) is 0 Å². The summed E-state index contributed by atoms with van der Waals surface area (Å²) in [5.41, 5.74) is -0.864. The van der Waals surface area contributed by atoms with Crippen LogP contribution in [0.25, 0.3) is 0 Å². The van der Waals surface area contributed by atoms with Gasteiger partial charge in [-0.1, -0.05) is 13.3 Å². The van der Waals surface area contributed by atoms with E-state index in [9.17, 15) is 14.3 Å². The second-order valence-electron chi connectivity index (χ2n) is 6.80. The molecule has 0 aliphatic carbocycles. The Morgan fingerprint density at radius 2 is 2.00 bits per heavy atom. The third kappa shape index (κ3) is 5.02. The number of piperidine rings is 1. The van der Waals surface area contributed by atoms with Gasteiger partial charge in [-0.05, 0) is 52.2 Å². The summed E-state index contributed by atoms with van der Waals surface area (Å²) in [6, 6.07) is 0. The van der Waals surface area contributed by atoms with Crippen molar-refractivity contribution in [3.63, 3.8) is 0 Å². The van der Waals surface area contributed by atoms with Crippen LogP contribution in [-0.2, 0) is 14.2 Å². The second-order valence-corrected chi connectivity index (χ2v) is 9.29. The van der Waals surface area contributed by atoms with Crippen LogP contribution in [0.5, 0.6) is 0 Å². The normalized spacial score (nSPS) is 25.4. The van der Waals surface area contributed by atoms with E-state index < -0.39 is 13.2 Å². The second kappa shape index (κ2) is 9.30. The van der Waals surface area contributed by atoms with Crippen LogP contribution in [-0.4, -0.2) is 77.5 Å². The van der Waals surface area contributed by atoms with Gasteiger partial charge in [0.1, 0.15) is 5.66 Å². The van der Waals surface area contributed by atoms with E-state index in [2.05, 4.69) is 11.8 Å². The minimum absolute atomic E-state index is 0.337. The van der Waals surface area contributed by atoms with Gasteiger partial charge in [0, 0.05) is 19.6 Å². The molecule has 2 aliphatic rings. The summed E-state index contributed by atoms with van der Waals surface area (Å²) in [5.74, 6) is -0.337. The monoisotopic (exact) mass is 361 g/mol. The zero-order valence-electron chi connectivity index (χ0n) is 15.0. The van der Waals surface area contributed by atoms with Crippen LogP contribution in [0.2, 0.25) is 0 Å². The molecule has 0 aromatic heterocycles. The number of hydrogen-bond donors (Lipinski definition) is 1. The minimum Gasteiger partial charge on any atom is -0.333 e. The number of hydroxylamine groups is 2. The Balaban J connectivity index is 1.90. The molecule has 0 saturated carbocycles. The van der Waals surface area contributed by atoms with Gasteiger partial charge in [-0.15, -0.1) is 0 Å². The van der Waals surface area contributed by atoms with E-state index in [-0.39, 0.29) is 5.91 Å². The summed E-state index contributed by atoms with van der Waals surface area (Å²) in [7, 11) is -2.06. The van der Waals surface area contributed by atoms with E-state index in [0.29, 0.717) is 32.5 Å². The minimum atomic E-state index is -3.71. The molecule has 0 aromatic rings. The van der Waals surface area contributed by atoms with Gasteiger partial charge in [-0.25, -0.2) is 9.73 Å². The molecule has 2 heterocycles. The molecule has 0 spiro atoms. The van der Waals surface area contributed by atoms with Gasteiger partial charge in [0.05, 0.1) is 6.61 Å². The van der Waals surface area contributed by atoms with E-state index in [4.69, 9.17) is 4.84 Å². The van der Waals surface area contributed by atoms with E-state index in [0.717, 1.165) is 32.5 Å². The quantitative estimate of drug-likeness (QED) is 0.500. The third-order valence-corrected chi connectivity index (χ3v) is 7.42. The highest BCUT2D eigenvalue weighted by atomic mass is 31.2. The Morgan fingerprint density at radius 1 is 1.29 bits per heavy atom. The van der Waals surface area contributed by atoms with Gasteiger partial charge in [-0.3, -0.25) is 14.2 Å². The van der Waals surface area contributed by atoms with E-state index >= 15 is 0 Å². The summed E-state index contributed by atoms with van der Waals surface area (Å²) in [6.45, 7) is 6.45. The molecule has 24 heavy (non-hydrogen) atoms. The predicted octanol–water partition coefficient (Wildman–Crippen LogP) is 1.92. The van der Waals surface area contributed by atoms with E-state index in [1.54, 1.807) is 7.05 Å². The number of rotatable bonds is 9. The average molecular weight is 361 g/mol. The van der Waals surface area contributed by atoms with Crippen LogP contribution >= 0.6 is 7.52 Å². The van der Waals surface area contributed by atoms with Gasteiger partial charge >= 0.3 is 0 Å². The maximum absolute atomic E-state index is 12.9. The van der Waals surface area contributed by atoms with Crippen LogP contribution in [0.15, 0.2) is 0 Å². The molecule has 2 unspecified atom stereocenters. The Kier molecular flexibility index (Phi) is 7.69. The topological polar surface area (TPSA) is 73.3 Å². The van der Waals surface area contributed by atoms with E-state index in [1.807, 2.05) is 0 Å². The summed E-state index contributed by atoms with van der Waals surface area (Å²) in [4.78, 5) is 31.0. The summed E-state index contributed by atoms with van der Waals surface area (Å²) in [6.07, 6.45) is 5.42. The van der Waals surface area contributed by atoms with Crippen molar-refractivity contribution in [1.82, 2.24) is 14.6 Å². The van der Waals surface area contributed by atoms with Crippen molar-refractivity contribution in [2.45, 2.75) is 51.1 Å². The number of carbonyl (C=O) groups is 1. The van der Waals surface area contributed by atoms with Crippen LogP contribution in [0.1, 0.15) is 45.4 Å². The fourth-order valence-corrected chi connectivity index (χ4v) is 5.05. The van der Waals surface area contributed by atoms with E-state index in [1.165, 1.54) is 22.6 Å². The first-order valence-electron chi connectivity index (χ1n) is 9.17. The molecule has 0 radical (unpaired) electrons. The van der Waals surface area contributed by atoms with Gasteiger partial charge in [0.25, 0.3) is 13.4 Å². The highest BCUT2D eigenvalue weighted by Gasteiger charge is 2.44. The zero-order chi connectivity index (χ0) is 17.6. The Labute approximate surface area is 145 Å². The van der Waals surface area contributed by atoms with Gasteiger partial charge in [0.15, 0.2) is 0 Å². The molecule has 7 nitrogen and oxygen atoms in total. The first-order chi connectivity index (χ1) is 11.5. The van der Waals surface area contributed by atoms with Crippen molar-refractivity contribution < 1.29 is 19.1 Å². The molecular formula is C16H32N3O4P. The first-order valence-corrected chi connectivity index (χ1v) is 10.9. The van der Waals surface area contributed by atoms with Crippen LogP contribution in [0, 0.1) is 0 Å². The lowest BCUT2D eigenvalue weighted by Gasteiger charge is -2.36. The highest BCUT2D eigenvalue weighted by Crippen LogP contribution is 2.52. The average Bonchev–Trinajstić information content (AvgIpc) is 3.07. The van der Waals surface area contributed by atoms with Crippen molar-refractivity contribution in [2.75, 3.05) is 46.4 Å². The molecule has 8 heteroatoms. The molecule has 0 bridgehead atoms. The molecule has 2 aliphatic heterocycles. The fraction of sp³-hybridized carbons (Fsp3) is 0.938. The van der Waals surface area contributed by atoms with Crippen molar-refractivity contribution in [3.05, 3.63) is 0 Å². The molecule has 2 rings (SSSR count).